The molecule has 3 heterocycles. The van der Waals surface area contributed by atoms with Crippen molar-refractivity contribution in [3.63, 3.8) is 0 Å². The van der Waals surface area contributed by atoms with Crippen LogP contribution in [0.15, 0.2) is 36.5 Å². The Bertz CT molecular complexity index is 1080. The number of alkyl halides is 3. The molecule has 1 amide bonds. The zero-order chi connectivity index (χ0) is 21.3. The Balaban J connectivity index is 0.00000272. The van der Waals surface area contributed by atoms with Crippen LogP contribution in [0.4, 0.5) is 18.9 Å². The number of nitrogens with one attached hydrogen (secondary N) is 2. The lowest BCUT2D eigenvalue weighted by Crippen LogP contribution is -2.29. The van der Waals surface area contributed by atoms with Gasteiger partial charge in [-0.05, 0) is 44.1 Å². The van der Waals surface area contributed by atoms with Crippen LogP contribution >= 0.6 is 12.4 Å². The van der Waals surface area contributed by atoms with Crippen LogP contribution in [-0.2, 0) is 6.18 Å². The van der Waals surface area contributed by atoms with Crippen LogP contribution in [0.5, 0.6) is 5.75 Å². The van der Waals surface area contributed by atoms with E-state index in [9.17, 15) is 18.0 Å². The number of benzene rings is 1. The summed E-state index contributed by atoms with van der Waals surface area (Å²) in [6.45, 7) is 1.84. The van der Waals surface area contributed by atoms with Crippen molar-refractivity contribution in [2.45, 2.75) is 25.1 Å². The predicted octanol–water partition coefficient (Wildman–Crippen LogP) is 4.06. The number of rotatable bonds is 4. The summed E-state index contributed by atoms with van der Waals surface area (Å²) in [5.41, 5.74) is -0.402. The van der Waals surface area contributed by atoms with Gasteiger partial charge in [-0.1, -0.05) is 6.07 Å². The molecule has 7 nitrogen and oxygen atoms in total. The van der Waals surface area contributed by atoms with Crippen molar-refractivity contribution in [2.75, 3.05) is 25.5 Å². The fourth-order valence-corrected chi connectivity index (χ4v) is 3.52. The summed E-state index contributed by atoms with van der Waals surface area (Å²) >= 11 is 0. The SMILES string of the molecule is COc1cc(NC(=O)c2cccc(C(F)(F)F)n2)cc2cn(C3CCNCC3)nc12.Cl. The predicted molar refractivity (Wildman–Crippen MR) is 112 cm³/mol. The maximum Gasteiger partial charge on any atom is 0.433 e. The molecule has 1 saturated heterocycles. The van der Waals surface area contributed by atoms with E-state index >= 15 is 0 Å². The van der Waals surface area contributed by atoms with Crippen molar-refractivity contribution >= 4 is 34.9 Å². The molecule has 31 heavy (non-hydrogen) atoms. The first-order valence-electron chi connectivity index (χ1n) is 9.48. The average molecular weight is 456 g/mol. The molecule has 0 bridgehead atoms. The first kappa shape index (κ1) is 22.8. The highest BCUT2D eigenvalue weighted by atomic mass is 35.5. The number of pyridine rings is 1. The van der Waals surface area contributed by atoms with Gasteiger partial charge in [0.25, 0.3) is 5.91 Å². The first-order valence-corrected chi connectivity index (χ1v) is 9.48. The van der Waals surface area contributed by atoms with Crippen molar-refractivity contribution in [2.24, 2.45) is 0 Å². The number of carbonyl (C=O) groups excluding carboxylic acids is 1. The highest BCUT2D eigenvalue weighted by Crippen LogP contribution is 2.31. The normalized spacial score (nSPS) is 14.8. The molecule has 166 valence electrons. The van der Waals surface area contributed by atoms with Crippen molar-refractivity contribution in [3.05, 3.63) is 47.9 Å². The fraction of sp³-hybridized carbons (Fsp3) is 0.350. The molecule has 1 aromatic carbocycles. The first-order chi connectivity index (χ1) is 14.3. The highest BCUT2D eigenvalue weighted by Gasteiger charge is 2.33. The molecular formula is C20H21ClF3N5O2. The maximum absolute atomic E-state index is 12.9. The van der Waals surface area contributed by atoms with Gasteiger partial charge < -0.3 is 15.4 Å². The van der Waals surface area contributed by atoms with E-state index in [1.165, 1.54) is 13.2 Å². The molecule has 2 N–H and O–H groups in total. The number of hydrogen-bond acceptors (Lipinski definition) is 5. The molecule has 0 unspecified atom stereocenters. The molecule has 11 heteroatoms. The van der Waals surface area contributed by atoms with Crippen molar-refractivity contribution in [1.29, 1.82) is 0 Å². The van der Waals surface area contributed by atoms with Crippen LogP contribution in [0.2, 0.25) is 0 Å². The summed E-state index contributed by atoms with van der Waals surface area (Å²) in [5, 5.41) is 11.3. The summed E-state index contributed by atoms with van der Waals surface area (Å²) in [7, 11) is 1.50. The summed E-state index contributed by atoms with van der Waals surface area (Å²) in [5.74, 6) is -0.277. The number of fused-ring (bicyclic) bond motifs is 1. The van der Waals surface area contributed by atoms with Crippen molar-refractivity contribution in [1.82, 2.24) is 20.1 Å². The summed E-state index contributed by atoms with van der Waals surface area (Å²) < 4.78 is 45.9. The van der Waals surface area contributed by atoms with E-state index in [-0.39, 0.29) is 24.1 Å². The number of piperidine rings is 1. The minimum absolute atomic E-state index is 0. The topological polar surface area (TPSA) is 81.1 Å². The van der Waals surface area contributed by atoms with Gasteiger partial charge in [0, 0.05) is 23.3 Å². The monoisotopic (exact) mass is 455 g/mol. The van der Waals surface area contributed by atoms with Gasteiger partial charge in [0.1, 0.15) is 22.7 Å². The standard InChI is InChI=1S/C20H20F3N5O2.ClH/c1-30-16-10-13(25-19(29)15-3-2-4-17(26-15)20(21,22)23)9-12-11-28(27-18(12)16)14-5-7-24-8-6-14;/h2-4,9-11,14,24H,5-8H2,1H3,(H,25,29);1H. The third-order valence-electron chi connectivity index (χ3n) is 5.02. The zero-order valence-corrected chi connectivity index (χ0v) is 17.4. The third-order valence-corrected chi connectivity index (χ3v) is 5.02. The molecule has 1 aliphatic rings. The van der Waals surface area contributed by atoms with E-state index in [0.717, 1.165) is 43.5 Å². The van der Waals surface area contributed by atoms with E-state index in [1.807, 2.05) is 10.9 Å². The number of hydrogen-bond donors (Lipinski definition) is 2. The molecule has 2 aromatic heterocycles. The zero-order valence-electron chi connectivity index (χ0n) is 16.6. The molecule has 4 rings (SSSR count). The number of halogens is 4. The minimum atomic E-state index is -4.62. The Kier molecular flexibility index (Phi) is 6.71. The molecule has 0 atom stereocenters. The molecule has 1 aliphatic heterocycles. The lowest BCUT2D eigenvalue weighted by molar-refractivity contribution is -0.141. The van der Waals surface area contributed by atoms with E-state index in [0.29, 0.717) is 17.0 Å². The van der Waals surface area contributed by atoms with E-state index < -0.39 is 17.8 Å². The van der Waals surface area contributed by atoms with Crippen molar-refractivity contribution in [3.8, 4) is 5.75 Å². The molecular weight excluding hydrogens is 435 g/mol. The number of nitrogens with zero attached hydrogens (tertiary/aromatic N) is 3. The number of carbonyl (C=O) groups is 1. The number of aromatic nitrogens is 3. The van der Waals surface area contributed by atoms with Gasteiger partial charge in [-0.25, -0.2) is 4.98 Å². The maximum atomic E-state index is 12.9. The van der Waals surface area contributed by atoms with Gasteiger partial charge in [0.2, 0.25) is 0 Å². The van der Waals surface area contributed by atoms with Crippen LogP contribution in [0.3, 0.4) is 0 Å². The second-order valence-corrected chi connectivity index (χ2v) is 7.07. The lowest BCUT2D eigenvalue weighted by Gasteiger charge is -2.22. The van der Waals surface area contributed by atoms with Gasteiger partial charge in [-0.3, -0.25) is 9.48 Å². The summed E-state index contributed by atoms with van der Waals surface area (Å²) in [6.07, 6.45) is -0.810. The number of amides is 1. The number of methoxy groups -OCH3 is 1. The van der Waals surface area contributed by atoms with Gasteiger partial charge in [0.05, 0.1) is 13.2 Å². The second-order valence-electron chi connectivity index (χ2n) is 7.07. The highest BCUT2D eigenvalue weighted by molar-refractivity contribution is 6.04. The van der Waals surface area contributed by atoms with Crippen LogP contribution in [0, 0.1) is 0 Å². The van der Waals surface area contributed by atoms with Gasteiger partial charge in [-0.2, -0.15) is 18.3 Å². The van der Waals surface area contributed by atoms with E-state index in [1.54, 1.807) is 12.1 Å². The Morgan fingerprint density at radius 1 is 1.26 bits per heavy atom. The molecule has 3 aromatic rings. The third kappa shape index (κ3) is 4.91. The van der Waals surface area contributed by atoms with Crippen LogP contribution in [0.25, 0.3) is 10.9 Å². The van der Waals surface area contributed by atoms with Crippen molar-refractivity contribution < 1.29 is 22.7 Å². The Morgan fingerprint density at radius 2 is 2.00 bits per heavy atom. The lowest BCUT2D eigenvalue weighted by atomic mass is 10.1. The van der Waals surface area contributed by atoms with Crippen LogP contribution in [0.1, 0.15) is 35.1 Å². The Labute approximate surface area is 182 Å². The minimum Gasteiger partial charge on any atom is -0.494 e. The van der Waals surface area contributed by atoms with Gasteiger partial charge in [0.15, 0.2) is 0 Å². The summed E-state index contributed by atoms with van der Waals surface area (Å²) in [4.78, 5) is 15.9. The molecule has 0 radical (unpaired) electrons. The smallest absolute Gasteiger partial charge is 0.433 e. The number of ether oxygens (including phenoxy) is 1. The largest absolute Gasteiger partial charge is 0.494 e. The Hall–Kier alpha value is -2.85. The molecule has 0 aliphatic carbocycles. The number of anilines is 1. The van der Waals surface area contributed by atoms with Crippen LogP contribution < -0.4 is 15.4 Å². The van der Waals surface area contributed by atoms with Crippen LogP contribution in [-0.4, -0.2) is 40.9 Å². The van der Waals surface area contributed by atoms with Gasteiger partial charge in [-0.15, -0.1) is 12.4 Å². The van der Waals surface area contributed by atoms with E-state index in [4.69, 9.17) is 4.74 Å². The second kappa shape index (κ2) is 9.11. The molecule has 1 fully saturated rings. The van der Waals surface area contributed by atoms with Gasteiger partial charge >= 0.3 is 6.18 Å². The van der Waals surface area contributed by atoms with E-state index in [2.05, 4.69) is 20.7 Å². The Morgan fingerprint density at radius 3 is 2.68 bits per heavy atom. The average Bonchev–Trinajstić information content (AvgIpc) is 3.17. The quantitative estimate of drug-likeness (QED) is 0.620. The summed E-state index contributed by atoms with van der Waals surface area (Å²) in [6, 6.07) is 6.78. The fourth-order valence-electron chi connectivity index (χ4n) is 3.52. The molecule has 0 spiro atoms. The molecule has 0 saturated carbocycles.